The molecule has 1 fully saturated rings. The third-order valence-electron chi connectivity index (χ3n) is 2.81. The average molecular weight is 274 g/mol. The first-order chi connectivity index (χ1) is 8.90. The van der Waals surface area contributed by atoms with Gasteiger partial charge in [-0.15, -0.1) is 0 Å². The number of ether oxygens (including phenoxy) is 1. The van der Waals surface area contributed by atoms with Crippen LogP contribution in [0.4, 0.5) is 23.2 Å². The van der Waals surface area contributed by atoms with Gasteiger partial charge < -0.3 is 9.64 Å². The first kappa shape index (κ1) is 13.6. The van der Waals surface area contributed by atoms with Gasteiger partial charge in [-0.2, -0.15) is 18.4 Å². The van der Waals surface area contributed by atoms with Crippen LogP contribution in [0.2, 0.25) is 0 Å². The Bertz CT molecular complexity index is 509. The predicted molar refractivity (Wildman–Crippen MR) is 59.1 cm³/mol. The quantitative estimate of drug-likeness (QED) is 0.738. The van der Waals surface area contributed by atoms with Gasteiger partial charge in [-0.05, 0) is 18.2 Å². The summed E-state index contributed by atoms with van der Waals surface area (Å²) >= 11 is 0. The molecule has 0 amide bonds. The van der Waals surface area contributed by atoms with Gasteiger partial charge in [-0.3, -0.25) is 0 Å². The molecule has 1 aliphatic heterocycles. The van der Waals surface area contributed by atoms with Crippen LogP contribution in [-0.2, 0) is 4.74 Å². The van der Waals surface area contributed by atoms with Crippen molar-refractivity contribution in [1.29, 1.82) is 5.26 Å². The molecule has 0 saturated carbocycles. The summed E-state index contributed by atoms with van der Waals surface area (Å²) in [5.41, 5.74) is 0.333. The molecule has 0 aliphatic carbocycles. The maximum absolute atomic E-state index is 13.3. The number of nitrogens with zero attached hydrogens (tertiary/aromatic N) is 2. The van der Waals surface area contributed by atoms with E-state index in [-0.39, 0.29) is 24.4 Å². The average Bonchev–Trinajstić information content (AvgIpc) is 2.37. The van der Waals surface area contributed by atoms with Gasteiger partial charge >= 0.3 is 6.18 Å². The molecule has 1 heterocycles. The van der Waals surface area contributed by atoms with Crippen molar-refractivity contribution in [2.75, 3.05) is 24.6 Å². The van der Waals surface area contributed by atoms with Crippen molar-refractivity contribution in [3.8, 4) is 6.07 Å². The Morgan fingerprint density at radius 1 is 1.32 bits per heavy atom. The molecule has 3 nitrogen and oxygen atoms in total. The maximum atomic E-state index is 13.3. The fraction of sp³-hybridized carbons (Fsp3) is 0.417. The van der Waals surface area contributed by atoms with Gasteiger partial charge in [0.2, 0.25) is 0 Å². The fourth-order valence-electron chi connectivity index (χ4n) is 1.90. The van der Waals surface area contributed by atoms with Crippen molar-refractivity contribution < 1.29 is 22.3 Å². The lowest BCUT2D eigenvalue weighted by Crippen LogP contribution is -2.49. The number of alkyl halides is 3. The first-order valence-electron chi connectivity index (χ1n) is 5.54. The Hall–Kier alpha value is -1.81. The van der Waals surface area contributed by atoms with Crippen LogP contribution in [0.1, 0.15) is 5.56 Å². The number of hydrogen-bond donors (Lipinski definition) is 0. The zero-order valence-electron chi connectivity index (χ0n) is 9.75. The van der Waals surface area contributed by atoms with E-state index < -0.39 is 24.6 Å². The summed E-state index contributed by atoms with van der Waals surface area (Å²) in [6.45, 7) is -0.276. The molecule has 0 N–H and O–H groups in total. The highest BCUT2D eigenvalue weighted by atomic mass is 19.4. The molecular weight excluding hydrogens is 264 g/mol. The molecule has 0 bridgehead atoms. The molecular formula is C12H10F4N2O. The van der Waals surface area contributed by atoms with Gasteiger partial charge in [0, 0.05) is 12.2 Å². The summed E-state index contributed by atoms with van der Waals surface area (Å²) in [4.78, 5) is 1.37. The van der Waals surface area contributed by atoms with Crippen LogP contribution in [0.5, 0.6) is 0 Å². The van der Waals surface area contributed by atoms with Crippen molar-refractivity contribution in [2.24, 2.45) is 0 Å². The van der Waals surface area contributed by atoms with Crippen LogP contribution < -0.4 is 4.90 Å². The zero-order valence-corrected chi connectivity index (χ0v) is 9.75. The van der Waals surface area contributed by atoms with E-state index in [9.17, 15) is 17.6 Å². The van der Waals surface area contributed by atoms with E-state index in [4.69, 9.17) is 5.26 Å². The van der Waals surface area contributed by atoms with Gasteiger partial charge in [0.25, 0.3) is 0 Å². The lowest BCUT2D eigenvalue weighted by Gasteiger charge is -2.35. The highest BCUT2D eigenvalue weighted by molar-refractivity contribution is 5.52. The topological polar surface area (TPSA) is 36.3 Å². The maximum Gasteiger partial charge on any atom is 0.416 e. The van der Waals surface area contributed by atoms with Gasteiger partial charge in [-0.25, -0.2) is 4.39 Å². The molecule has 2 rings (SSSR count). The largest absolute Gasteiger partial charge is 0.416 e. The second-order valence-corrected chi connectivity index (χ2v) is 4.16. The summed E-state index contributed by atoms with van der Waals surface area (Å²) in [7, 11) is 0. The van der Waals surface area contributed by atoms with Gasteiger partial charge in [0.05, 0.1) is 24.8 Å². The van der Waals surface area contributed by atoms with E-state index in [2.05, 4.69) is 4.74 Å². The third-order valence-corrected chi connectivity index (χ3v) is 2.81. The SMILES string of the molecule is N#Cc1cc(F)cc(N2CCO[C@H](C(F)(F)F)C2)c1. The molecule has 1 atom stereocenters. The third kappa shape index (κ3) is 3.15. The normalized spacial score (nSPS) is 20.2. The van der Waals surface area contributed by atoms with E-state index in [1.54, 1.807) is 6.07 Å². The lowest BCUT2D eigenvalue weighted by molar-refractivity contribution is -0.221. The molecule has 1 aromatic carbocycles. The van der Waals surface area contributed by atoms with Crippen molar-refractivity contribution >= 4 is 5.69 Å². The highest BCUT2D eigenvalue weighted by Crippen LogP contribution is 2.28. The number of morpholine rings is 1. The molecule has 1 aliphatic rings. The van der Waals surface area contributed by atoms with Crippen molar-refractivity contribution in [2.45, 2.75) is 12.3 Å². The molecule has 0 unspecified atom stereocenters. The zero-order chi connectivity index (χ0) is 14.0. The number of hydrogen-bond acceptors (Lipinski definition) is 3. The van der Waals surface area contributed by atoms with Crippen molar-refractivity contribution in [3.63, 3.8) is 0 Å². The molecule has 7 heteroatoms. The molecule has 0 aromatic heterocycles. The summed E-state index contributed by atoms with van der Waals surface area (Å²) < 4.78 is 55.7. The first-order valence-corrected chi connectivity index (χ1v) is 5.54. The Balaban J connectivity index is 2.22. The van der Waals surface area contributed by atoms with Crippen LogP contribution in [0, 0.1) is 17.1 Å². The molecule has 0 radical (unpaired) electrons. The predicted octanol–water partition coefficient (Wildman–Crippen LogP) is 2.46. The Labute approximate surface area is 107 Å². The number of halogens is 4. The minimum Gasteiger partial charge on any atom is -0.366 e. The van der Waals surface area contributed by atoms with E-state index in [0.29, 0.717) is 0 Å². The fourth-order valence-corrected chi connectivity index (χ4v) is 1.90. The Morgan fingerprint density at radius 2 is 2.05 bits per heavy atom. The summed E-state index contributed by atoms with van der Waals surface area (Å²) in [5.74, 6) is -0.649. The summed E-state index contributed by atoms with van der Waals surface area (Å²) in [6, 6.07) is 5.28. The second kappa shape index (κ2) is 5.05. The van der Waals surface area contributed by atoms with Crippen molar-refractivity contribution in [3.05, 3.63) is 29.6 Å². The monoisotopic (exact) mass is 274 g/mol. The van der Waals surface area contributed by atoms with Gasteiger partial charge in [0.1, 0.15) is 5.82 Å². The summed E-state index contributed by atoms with van der Waals surface area (Å²) in [6.07, 6.45) is -6.35. The molecule has 19 heavy (non-hydrogen) atoms. The van der Waals surface area contributed by atoms with E-state index in [1.807, 2.05) is 0 Å². The van der Waals surface area contributed by atoms with Crippen LogP contribution >= 0.6 is 0 Å². The van der Waals surface area contributed by atoms with Crippen LogP contribution in [0.25, 0.3) is 0 Å². The smallest absolute Gasteiger partial charge is 0.366 e. The van der Waals surface area contributed by atoms with Gasteiger partial charge in [-0.1, -0.05) is 0 Å². The standard InChI is InChI=1S/C12H10F4N2O/c13-9-3-8(6-17)4-10(5-9)18-1-2-19-11(7-18)12(14,15)16/h3-5,11H,1-2,7H2/t11-/m0/s1. The summed E-state index contributed by atoms with van der Waals surface area (Å²) in [5, 5.41) is 8.73. The van der Waals surface area contributed by atoms with E-state index in [1.165, 1.54) is 11.0 Å². The number of rotatable bonds is 1. The van der Waals surface area contributed by atoms with E-state index in [0.717, 1.165) is 12.1 Å². The molecule has 1 saturated heterocycles. The van der Waals surface area contributed by atoms with Gasteiger partial charge in [0.15, 0.2) is 6.10 Å². The Morgan fingerprint density at radius 3 is 2.68 bits per heavy atom. The van der Waals surface area contributed by atoms with E-state index >= 15 is 0 Å². The second-order valence-electron chi connectivity index (χ2n) is 4.16. The highest BCUT2D eigenvalue weighted by Gasteiger charge is 2.43. The minimum absolute atomic E-state index is 0.0741. The number of anilines is 1. The molecule has 102 valence electrons. The van der Waals surface area contributed by atoms with Crippen LogP contribution in [-0.4, -0.2) is 32.0 Å². The number of nitriles is 1. The molecule has 1 aromatic rings. The minimum atomic E-state index is -4.45. The Kier molecular flexibility index (Phi) is 3.62. The van der Waals surface area contributed by atoms with Crippen molar-refractivity contribution in [1.82, 2.24) is 0 Å². The lowest BCUT2D eigenvalue weighted by atomic mass is 10.1. The van der Waals surface area contributed by atoms with Crippen LogP contribution in [0.3, 0.4) is 0 Å². The van der Waals surface area contributed by atoms with Crippen LogP contribution in [0.15, 0.2) is 18.2 Å². The number of benzene rings is 1. The molecule has 0 spiro atoms.